The highest BCUT2D eigenvalue weighted by Crippen LogP contribution is 2.05. The summed E-state index contributed by atoms with van der Waals surface area (Å²) >= 11 is 0. The summed E-state index contributed by atoms with van der Waals surface area (Å²) in [7, 11) is 0. The van der Waals surface area contributed by atoms with Crippen molar-refractivity contribution in [3.63, 3.8) is 0 Å². The van der Waals surface area contributed by atoms with Crippen molar-refractivity contribution in [2.75, 3.05) is 0 Å². The zero-order valence-electron chi connectivity index (χ0n) is 6.55. The number of nitrogens with zero attached hydrogens (tertiary/aromatic N) is 1. The van der Waals surface area contributed by atoms with Gasteiger partial charge >= 0.3 is 0 Å². The summed E-state index contributed by atoms with van der Waals surface area (Å²) in [5.74, 6) is 1.78. The van der Waals surface area contributed by atoms with Gasteiger partial charge in [0.1, 0.15) is 5.76 Å². The van der Waals surface area contributed by atoms with Crippen LogP contribution in [0.25, 0.3) is 0 Å². The van der Waals surface area contributed by atoms with Crippen LogP contribution in [0.15, 0.2) is 10.6 Å². The molecule has 2 heteroatoms. The monoisotopic (exact) mass is 139 g/mol. The van der Waals surface area contributed by atoms with E-state index in [-0.39, 0.29) is 0 Å². The van der Waals surface area contributed by atoms with Crippen molar-refractivity contribution < 1.29 is 4.42 Å². The Hall–Kier alpha value is -0.790. The standard InChI is InChI=1S/C8H13NO/c1-3-4-5-8-6-9-7(2)10-8/h6H,3-5H2,1-2H3. The fourth-order valence-electron chi connectivity index (χ4n) is 0.872. The molecule has 0 bridgehead atoms. The van der Waals surface area contributed by atoms with E-state index in [9.17, 15) is 0 Å². The topological polar surface area (TPSA) is 26.0 Å². The van der Waals surface area contributed by atoms with Crippen molar-refractivity contribution in [1.29, 1.82) is 0 Å². The largest absolute Gasteiger partial charge is 0.446 e. The molecule has 0 amide bonds. The van der Waals surface area contributed by atoms with E-state index in [0.29, 0.717) is 0 Å². The van der Waals surface area contributed by atoms with Crippen molar-refractivity contribution in [3.8, 4) is 0 Å². The van der Waals surface area contributed by atoms with E-state index in [2.05, 4.69) is 11.9 Å². The molecule has 0 aliphatic carbocycles. The molecular formula is C8H13NO. The molecule has 0 radical (unpaired) electrons. The van der Waals surface area contributed by atoms with Crippen molar-refractivity contribution in [2.24, 2.45) is 0 Å². The van der Waals surface area contributed by atoms with Gasteiger partial charge < -0.3 is 4.42 Å². The first-order valence-corrected chi connectivity index (χ1v) is 3.74. The molecule has 56 valence electrons. The third-order valence-electron chi connectivity index (χ3n) is 1.45. The van der Waals surface area contributed by atoms with E-state index >= 15 is 0 Å². The van der Waals surface area contributed by atoms with Crippen molar-refractivity contribution in [2.45, 2.75) is 33.1 Å². The summed E-state index contributed by atoms with van der Waals surface area (Å²) in [6.07, 6.45) is 5.23. The molecule has 10 heavy (non-hydrogen) atoms. The maximum Gasteiger partial charge on any atom is 0.191 e. The number of rotatable bonds is 3. The van der Waals surface area contributed by atoms with Crippen LogP contribution in [0.2, 0.25) is 0 Å². The highest BCUT2D eigenvalue weighted by Gasteiger charge is 1.96. The van der Waals surface area contributed by atoms with Gasteiger partial charge in [-0.3, -0.25) is 0 Å². The van der Waals surface area contributed by atoms with E-state index in [0.717, 1.165) is 18.1 Å². The smallest absolute Gasteiger partial charge is 0.191 e. The Morgan fingerprint density at radius 2 is 2.40 bits per heavy atom. The molecule has 0 aromatic carbocycles. The lowest BCUT2D eigenvalue weighted by molar-refractivity contribution is 0.468. The van der Waals surface area contributed by atoms with Gasteiger partial charge in [-0.1, -0.05) is 13.3 Å². The van der Waals surface area contributed by atoms with Crippen LogP contribution < -0.4 is 0 Å². The summed E-state index contributed by atoms with van der Waals surface area (Å²) in [5.41, 5.74) is 0. The Bertz CT molecular complexity index is 193. The van der Waals surface area contributed by atoms with Crippen LogP contribution in [0.5, 0.6) is 0 Å². The molecule has 0 saturated heterocycles. The minimum atomic E-state index is 0.770. The van der Waals surface area contributed by atoms with E-state index in [1.807, 2.05) is 13.1 Å². The molecule has 0 fully saturated rings. The average Bonchev–Trinajstić information content (AvgIpc) is 2.31. The second-order valence-electron chi connectivity index (χ2n) is 2.45. The van der Waals surface area contributed by atoms with Crippen molar-refractivity contribution in [3.05, 3.63) is 17.8 Å². The number of aryl methyl sites for hydroxylation is 2. The van der Waals surface area contributed by atoms with Crippen molar-refractivity contribution in [1.82, 2.24) is 4.98 Å². The second kappa shape index (κ2) is 3.40. The minimum Gasteiger partial charge on any atom is -0.446 e. The van der Waals surface area contributed by atoms with E-state index in [1.165, 1.54) is 12.8 Å². The predicted octanol–water partition coefficient (Wildman–Crippen LogP) is 2.33. The van der Waals surface area contributed by atoms with Gasteiger partial charge in [-0.25, -0.2) is 4.98 Å². The first kappa shape index (κ1) is 7.32. The van der Waals surface area contributed by atoms with Gasteiger partial charge in [-0.05, 0) is 6.42 Å². The van der Waals surface area contributed by atoms with Crippen LogP contribution in [-0.4, -0.2) is 4.98 Å². The Kier molecular flexibility index (Phi) is 2.49. The Labute approximate surface area is 61.3 Å². The number of unbranched alkanes of at least 4 members (excludes halogenated alkanes) is 1. The fourth-order valence-corrected chi connectivity index (χ4v) is 0.872. The van der Waals surface area contributed by atoms with Crippen LogP contribution >= 0.6 is 0 Å². The average molecular weight is 139 g/mol. The zero-order valence-corrected chi connectivity index (χ0v) is 6.55. The number of oxazole rings is 1. The quantitative estimate of drug-likeness (QED) is 0.642. The van der Waals surface area contributed by atoms with E-state index in [1.54, 1.807) is 0 Å². The molecular weight excluding hydrogens is 126 g/mol. The van der Waals surface area contributed by atoms with E-state index in [4.69, 9.17) is 4.42 Å². The van der Waals surface area contributed by atoms with Crippen LogP contribution in [0.1, 0.15) is 31.4 Å². The first-order valence-electron chi connectivity index (χ1n) is 3.74. The Balaban J connectivity index is 2.42. The van der Waals surface area contributed by atoms with Gasteiger partial charge in [0.15, 0.2) is 5.89 Å². The maximum absolute atomic E-state index is 5.27. The highest BCUT2D eigenvalue weighted by atomic mass is 16.3. The third kappa shape index (κ3) is 1.87. The predicted molar refractivity (Wildman–Crippen MR) is 39.9 cm³/mol. The Morgan fingerprint density at radius 1 is 1.60 bits per heavy atom. The maximum atomic E-state index is 5.27. The number of hydrogen-bond acceptors (Lipinski definition) is 2. The molecule has 0 saturated carbocycles. The molecule has 0 atom stereocenters. The van der Waals surface area contributed by atoms with Crippen LogP contribution in [0.4, 0.5) is 0 Å². The fraction of sp³-hybridized carbons (Fsp3) is 0.625. The van der Waals surface area contributed by atoms with Gasteiger partial charge in [-0.2, -0.15) is 0 Å². The van der Waals surface area contributed by atoms with Crippen LogP contribution in [0.3, 0.4) is 0 Å². The van der Waals surface area contributed by atoms with E-state index < -0.39 is 0 Å². The summed E-state index contributed by atoms with van der Waals surface area (Å²) in [6, 6.07) is 0. The molecule has 1 heterocycles. The third-order valence-corrected chi connectivity index (χ3v) is 1.45. The summed E-state index contributed by atoms with van der Waals surface area (Å²) in [5, 5.41) is 0. The summed E-state index contributed by atoms with van der Waals surface area (Å²) in [6.45, 7) is 4.04. The molecule has 1 aromatic rings. The first-order chi connectivity index (χ1) is 4.83. The molecule has 0 aliphatic rings. The SMILES string of the molecule is CCCCc1cnc(C)o1. The minimum absolute atomic E-state index is 0.770. The highest BCUT2D eigenvalue weighted by molar-refractivity contribution is 4.92. The van der Waals surface area contributed by atoms with Gasteiger partial charge in [0.05, 0.1) is 6.20 Å². The summed E-state index contributed by atoms with van der Waals surface area (Å²) in [4.78, 5) is 4.00. The molecule has 0 aliphatic heterocycles. The van der Waals surface area contributed by atoms with Crippen LogP contribution in [-0.2, 0) is 6.42 Å². The molecule has 1 rings (SSSR count). The van der Waals surface area contributed by atoms with Crippen molar-refractivity contribution >= 4 is 0 Å². The normalized spacial score (nSPS) is 10.2. The van der Waals surface area contributed by atoms with Gasteiger partial charge in [0.2, 0.25) is 0 Å². The lowest BCUT2D eigenvalue weighted by atomic mass is 10.2. The summed E-state index contributed by atoms with van der Waals surface area (Å²) < 4.78 is 5.27. The molecule has 0 N–H and O–H groups in total. The zero-order chi connectivity index (χ0) is 7.40. The molecule has 2 nitrogen and oxygen atoms in total. The Morgan fingerprint density at radius 3 is 2.90 bits per heavy atom. The number of hydrogen-bond donors (Lipinski definition) is 0. The molecule has 0 unspecified atom stereocenters. The number of aromatic nitrogens is 1. The van der Waals surface area contributed by atoms with Gasteiger partial charge in [0.25, 0.3) is 0 Å². The van der Waals surface area contributed by atoms with Gasteiger partial charge in [0, 0.05) is 13.3 Å². The van der Waals surface area contributed by atoms with Crippen LogP contribution in [0, 0.1) is 6.92 Å². The second-order valence-corrected chi connectivity index (χ2v) is 2.45. The lowest BCUT2D eigenvalue weighted by Gasteiger charge is -1.89. The van der Waals surface area contributed by atoms with Gasteiger partial charge in [-0.15, -0.1) is 0 Å². The lowest BCUT2D eigenvalue weighted by Crippen LogP contribution is -1.78. The molecule has 0 spiro atoms. The molecule has 1 aromatic heterocycles.